The second-order valence-electron chi connectivity index (χ2n) is 3.69. The predicted octanol–water partition coefficient (Wildman–Crippen LogP) is 1.79. The molecule has 0 bridgehead atoms. The van der Waals surface area contributed by atoms with Crippen molar-refractivity contribution in [1.82, 2.24) is 4.90 Å². The lowest BCUT2D eigenvalue weighted by molar-refractivity contribution is -0.757. The van der Waals surface area contributed by atoms with Crippen molar-refractivity contribution >= 4 is 5.91 Å². The van der Waals surface area contributed by atoms with Crippen LogP contribution in [0.5, 0.6) is 0 Å². The minimum Gasteiger partial charge on any atom is -0.346 e. The first kappa shape index (κ1) is 15.4. The molecule has 6 heteroatoms. The fourth-order valence-corrected chi connectivity index (χ4v) is 1.29. The van der Waals surface area contributed by atoms with Crippen molar-refractivity contribution in [3.05, 3.63) is 22.3 Å². The normalized spacial score (nSPS) is 10.5. The van der Waals surface area contributed by atoms with Gasteiger partial charge in [-0.15, -0.1) is 10.1 Å². The van der Waals surface area contributed by atoms with Gasteiger partial charge < -0.3 is 9.74 Å². The van der Waals surface area contributed by atoms with Crippen molar-refractivity contribution in [2.75, 3.05) is 20.2 Å². The summed E-state index contributed by atoms with van der Waals surface area (Å²) in [6, 6.07) is 0. The highest BCUT2D eigenvalue weighted by Gasteiger charge is 2.07. The topological polar surface area (TPSA) is 72.7 Å². The lowest BCUT2D eigenvalue weighted by Crippen LogP contribution is -2.28. The smallest absolute Gasteiger partial charge is 0.294 e. The maximum absolute atomic E-state index is 11.6. The molecule has 0 N–H and O–H groups in total. The average molecular weight is 244 g/mol. The monoisotopic (exact) mass is 244 g/mol. The SMILES string of the molecule is CC=CCCCC(=O)N(C)CCCO[N+](=O)[O-]. The van der Waals surface area contributed by atoms with Crippen LogP contribution in [-0.2, 0) is 9.63 Å². The van der Waals surface area contributed by atoms with Crippen LogP contribution in [0.15, 0.2) is 12.2 Å². The Morgan fingerprint density at radius 3 is 2.76 bits per heavy atom. The van der Waals surface area contributed by atoms with Gasteiger partial charge in [0.15, 0.2) is 0 Å². The van der Waals surface area contributed by atoms with Gasteiger partial charge in [-0.05, 0) is 26.2 Å². The number of carbonyl (C=O) groups is 1. The Morgan fingerprint density at radius 2 is 2.18 bits per heavy atom. The first-order valence-corrected chi connectivity index (χ1v) is 5.70. The second kappa shape index (κ2) is 9.62. The van der Waals surface area contributed by atoms with Crippen LogP contribution in [0.4, 0.5) is 0 Å². The molecule has 0 aromatic rings. The zero-order valence-corrected chi connectivity index (χ0v) is 10.4. The zero-order chi connectivity index (χ0) is 13.1. The van der Waals surface area contributed by atoms with Crippen LogP contribution in [0.3, 0.4) is 0 Å². The predicted molar refractivity (Wildman–Crippen MR) is 63.9 cm³/mol. The standard InChI is InChI=1S/C11H20N2O4/c1-3-4-5-6-8-11(14)12(2)9-7-10-17-13(15)16/h3-4H,5-10H2,1-2H3. The molecule has 0 spiro atoms. The molecule has 98 valence electrons. The molecule has 0 fully saturated rings. The van der Waals surface area contributed by atoms with Gasteiger partial charge in [0.2, 0.25) is 5.91 Å². The molecule has 0 saturated carbocycles. The molecule has 0 aliphatic carbocycles. The third kappa shape index (κ3) is 9.35. The molecule has 0 radical (unpaired) electrons. The first-order chi connectivity index (χ1) is 8.07. The minimum atomic E-state index is -0.821. The van der Waals surface area contributed by atoms with E-state index >= 15 is 0 Å². The minimum absolute atomic E-state index is 0.0309. The molecule has 0 atom stereocenters. The zero-order valence-electron chi connectivity index (χ0n) is 10.4. The summed E-state index contributed by atoms with van der Waals surface area (Å²) < 4.78 is 0. The average Bonchev–Trinajstić information content (AvgIpc) is 2.29. The molecule has 0 aromatic carbocycles. The van der Waals surface area contributed by atoms with Crippen molar-refractivity contribution in [3.8, 4) is 0 Å². The molecule has 0 heterocycles. The number of carbonyl (C=O) groups excluding carboxylic acids is 1. The van der Waals surface area contributed by atoms with Crippen LogP contribution in [0, 0.1) is 10.1 Å². The summed E-state index contributed by atoms with van der Waals surface area (Å²) in [5.74, 6) is 0.0654. The van der Waals surface area contributed by atoms with Gasteiger partial charge in [-0.1, -0.05) is 12.2 Å². The Balaban J connectivity index is 3.56. The Bertz CT molecular complexity index is 266. The maximum atomic E-state index is 11.6. The van der Waals surface area contributed by atoms with Gasteiger partial charge in [-0.2, -0.15) is 0 Å². The van der Waals surface area contributed by atoms with E-state index in [9.17, 15) is 14.9 Å². The fourth-order valence-electron chi connectivity index (χ4n) is 1.29. The maximum Gasteiger partial charge on any atom is 0.294 e. The quantitative estimate of drug-likeness (QED) is 0.268. The summed E-state index contributed by atoms with van der Waals surface area (Å²) in [4.78, 5) is 27.2. The van der Waals surface area contributed by atoms with Crippen LogP contribution in [0.25, 0.3) is 0 Å². The van der Waals surface area contributed by atoms with Crippen molar-refractivity contribution in [2.24, 2.45) is 0 Å². The van der Waals surface area contributed by atoms with Gasteiger partial charge in [0.05, 0.1) is 6.61 Å². The number of unbranched alkanes of at least 4 members (excludes halogenated alkanes) is 1. The van der Waals surface area contributed by atoms with E-state index in [-0.39, 0.29) is 12.5 Å². The van der Waals surface area contributed by atoms with E-state index in [1.807, 2.05) is 19.1 Å². The molecule has 0 aliphatic rings. The molecule has 0 unspecified atom stereocenters. The number of allylic oxidation sites excluding steroid dienone is 2. The molecule has 6 nitrogen and oxygen atoms in total. The Kier molecular flexibility index (Phi) is 8.72. The molecule has 1 amide bonds. The number of rotatable bonds is 9. The Hall–Kier alpha value is -1.59. The van der Waals surface area contributed by atoms with Crippen LogP contribution < -0.4 is 0 Å². The Morgan fingerprint density at radius 1 is 1.47 bits per heavy atom. The summed E-state index contributed by atoms with van der Waals surface area (Å²) in [6.07, 6.45) is 6.70. The summed E-state index contributed by atoms with van der Waals surface area (Å²) in [6.45, 7) is 2.46. The van der Waals surface area contributed by atoms with E-state index in [4.69, 9.17) is 0 Å². The Labute approximate surface area is 101 Å². The number of hydrogen-bond donors (Lipinski definition) is 0. The number of amides is 1. The number of hydrogen-bond acceptors (Lipinski definition) is 4. The highest BCUT2D eigenvalue weighted by molar-refractivity contribution is 5.75. The van der Waals surface area contributed by atoms with Crippen LogP contribution >= 0.6 is 0 Å². The molecular weight excluding hydrogens is 224 g/mol. The second-order valence-corrected chi connectivity index (χ2v) is 3.69. The van der Waals surface area contributed by atoms with E-state index in [0.717, 1.165) is 12.8 Å². The van der Waals surface area contributed by atoms with E-state index in [0.29, 0.717) is 19.4 Å². The summed E-state index contributed by atoms with van der Waals surface area (Å²) in [5.41, 5.74) is 0. The lowest BCUT2D eigenvalue weighted by Gasteiger charge is -2.16. The van der Waals surface area contributed by atoms with Crippen molar-refractivity contribution < 1.29 is 14.7 Å². The van der Waals surface area contributed by atoms with Gasteiger partial charge in [0.25, 0.3) is 5.09 Å². The molecular formula is C11H20N2O4. The third-order valence-corrected chi connectivity index (χ3v) is 2.26. The fraction of sp³-hybridized carbons (Fsp3) is 0.727. The summed E-state index contributed by atoms with van der Waals surface area (Å²) in [7, 11) is 1.70. The van der Waals surface area contributed by atoms with Gasteiger partial charge in [-0.25, -0.2) is 0 Å². The van der Waals surface area contributed by atoms with Crippen LogP contribution in [0.2, 0.25) is 0 Å². The van der Waals surface area contributed by atoms with Crippen LogP contribution in [0.1, 0.15) is 32.6 Å². The van der Waals surface area contributed by atoms with Crippen molar-refractivity contribution in [2.45, 2.75) is 32.6 Å². The van der Waals surface area contributed by atoms with Gasteiger partial charge in [-0.3, -0.25) is 4.79 Å². The highest BCUT2D eigenvalue weighted by Crippen LogP contribution is 2.01. The molecule has 0 rings (SSSR count). The molecule has 17 heavy (non-hydrogen) atoms. The molecule has 0 aromatic heterocycles. The molecule has 0 aliphatic heterocycles. The van der Waals surface area contributed by atoms with Gasteiger partial charge >= 0.3 is 0 Å². The molecule has 0 saturated heterocycles. The van der Waals surface area contributed by atoms with Gasteiger partial charge in [0, 0.05) is 20.0 Å². The van der Waals surface area contributed by atoms with Crippen molar-refractivity contribution in [1.29, 1.82) is 0 Å². The number of nitrogens with zero attached hydrogens (tertiary/aromatic N) is 2. The van der Waals surface area contributed by atoms with E-state index in [2.05, 4.69) is 4.84 Å². The first-order valence-electron chi connectivity index (χ1n) is 5.70. The van der Waals surface area contributed by atoms with E-state index in [1.165, 1.54) is 0 Å². The summed E-state index contributed by atoms with van der Waals surface area (Å²) in [5, 5.41) is 9.06. The van der Waals surface area contributed by atoms with Crippen LogP contribution in [-0.4, -0.2) is 36.1 Å². The van der Waals surface area contributed by atoms with E-state index in [1.54, 1.807) is 11.9 Å². The largest absolute Gasteiger partial charge is 0.346 e. The van der Waals surface area contributed by atoms with E-state index < -0.39 is 5.09 Å². The van der Waals surface area contributed by atoms with Gasteiger partial charge in [0.1, 0.15) is 0 Å². The third-order valence-electron chi connectivity index (χ3n) is 2.26. The highest BCUT2D eigenvalue weighted by atomic mass is 16.9. The van der Waals surface area contributed by atoms with Crippen molar-refractivity contribution in [3.63, 3.8) is 0 Å². The summed E-state index contributed by atoms with van der Waals surface area (Å²) >= 11 is 0. The lowest BCUT2D eigenvalue weighted by atomic mass is 10.2.